The van der Waals surface area contributed by atoms with Crippen LogP contribution in [-0.4, -0.2) is 140 Å². The third kappa shape index (κ3) is 33.0. The number of aliphatic hydroxyl groups is 8. The van der Waals surface area contributed by atoms with Crippen LogP contribution < -0.4 is 5.32 Å². The first-order valence-electron chi connectivity index (χ1n) is 31.1. The van der Waals surface area contributed by atoms with Crippen LogP contribution in [0.15, 0.2) is 24.3 Å². The summed E-state index contributed by atoms with van der Waals surface area (Å²) >= 11 is 0. The summed E-state index contributed by atoms with van der Waals surface area (Å²) < 4.78 is 22.8. The van der Waals surface area contributed by atoms with Crippen molar-refractivity contribution in [2.45, 2.75) is 338 Å². The van der Waals surface area contributed by atoms with Gasteiger partial charge in [-0.25, -0.2) is 0 Å². The van der Waals surface area contributed by atoms with E-state index in [9.17, 15) is 45.6 Å². The van der Waals surface area contributed by atoms with Crippen LogP contribution in [0.4, 0.5) is 0 Å². The fourth-order valence-electron chi connectivity index (χ4n) is 10.3. The van der Waals surface area contributed by atoms with Gasteiger partial charge < -0.3 is 65.1 Å². The molecule has 0 aliphatic carbocycles. The number of carbonyl (C=O) groups excluding carboxylic acids is 1. The van der Waals surface area contributed by atoms with Gasteiger partial charge in [0.05, 0.1) is 32.0 Å². The Kier molecular flexibility index (Phi) is 43.9. The number of unbranched alkanes of at least 4 members (excludes halogenated alkanes) is 35. The molecule has 0 saturated carbocycles. The van der Waals surface area contributed by atoms with Crippen LogP contribution in [0.3, 0.4) is 0 Å². The maximum absolute atomic E-state index is 13.2. The van der Waals surface area contributed by atoms with E-state index < -0.39 is 86.8 Å². The Balaban J connectivity index is 1.71. The van der Waals surface area contributed by atoms with Crippen molar-refractivity contribution in [1.29, 1.82) is 0 Å². The number of rotatable bonds is 50. The van der Waals surface area contributed by atoms with Gasteiger partial charge >= 0.3 is 0 Å². The van der Waals surface area contributed by atoms with Crippen LogP contribution in [0.1, 0.15) is 264 Å². The van der Waals surface area contributed by atoms with E-state index in [1.165, 1.54) is 180 Å². The second-order valence-corrected chi connectivity index (χ2v) is 22.2. The lowest BCUT2D eigenvalue weighted by atomic mass is 9.97. The average Bonchev–Trinajstić information content (AvgIpc) is 3.41. The van der Waals surface area contributed by atoms with Gasteiger partial charge in [-0.2, -0.15) is 0 Å². The monoisotopic (exact) mass is 1070 g/mol. The zero-order chi connectivity index (χ0) is 54.6. The molecule has 9 N–H and O–H groups in total. The highest BCUT2D eigenvalue weighted by atomic mass is 16.7. The summed E-state index contributed by atoms with van der Waals surface area (Å²) in [5, 5.41) is 87.1. The molecule has 1 amide bonds. The first kappa shape index (κ1) is 69.6. The summed E-state index contributed by atoms with van der Waals surface area (Å²) in [6.07, 6.45) is 39.4. The highest BCUT2D eigenvalue weighted by Crippen LogP contribution is 2.30. The van der Waals surface area contributed by atoms with E-state index in [1.54, 1.807) is 6.08 Å². The molecule has 14 nitrogen and oxygen atoms in total. The summed E-state index contributed by atoms with van der Waals surface area (Å²) in [6.45, 7) is 2.80. The van der Waals surface area contributed by atoms with Crippen LogP contribution in [-0.2, 0) is 23.7 Å². The SMILES string of the molecule is CCCCCCC/C=C\CCCCCCCC(=O)NC(COC1OC(CO)C(OC2OC(CO)C(O)C(O)C2O)C(O)C1O)C(O)/C=C/CCCCCCCCCCCCCCCCCCCCCCCCCCC. The summed E-state index contributed by atoms with van der Waals surface area (Å²) in [5.41, 5.74) is 0. The van der Waals surface area contributed by atoms with Crippen LogP contribution in [0.25, 0.3) is 0 Å². The zero-order valence-corrected chi connectivity index (χ0v) is 47.6. The summed E-state index contributed by atoms with van der Waals surface area (Å²) in [7, 11) is 0. The van der Waals surface area contributed by atoms with Crippen molar-refractivity contribution in [2.24, 2.45) is 0 Å². The molecule has 0 aromatic rings. The minimum atomic E-state index is -1.79. The first-order valence-corrected chi connectivity index (χ1v) is 31.1. The van der Waals surface area contributed by atoms with Crippen LogP contribution in [0.5, 0.6) is 0 Å². The van der Waals surface area contributed by atoms with Gasteiger partial charge in [-0.05, 0) is 44.9 Å². The Morgan fingerprint density at radius 1 is 0.467 bits per heavy atom. The van der Waals surface area contributed by atoms with Gasteiger partial charge in [0.2, 0.25) is 5.91 Å². The Morgan fingerprint density at radius 3 is 1.27 bits per heavy atom. The lowest BCUT2D eigenvalue weighted by Crippen LogP contribution is -2.65. The van der Waals surface area contributed by atoms with Crippen molar-refractivity contribution in [3.05, 3.63) is 24.3 Å². The van der Waals surface area contributed by atoms with Crippen molar-refractivity contribution < 1.29 is 64.6 Å². The first-order chi connectivity index (χ1) is 36.6. The van der Waals surface area contributed by atoms with Gasteiger partial charge in [-0.3, -0.25) is 4.79 Å². The minimum absolute atomic E-state index is 0.246. The molecule has 2 saturated heterocycles. The third-order valence-electron chi connectivity index (χ3n) is 15.4. The van der Waals surface area contributed by atoms with Crippen molar-refractivity contribution in [2.75, 3.05) is 19.8 Å². The normalized spacial score (nSPS) is 25.1. The molecule has 0 aromatic carbocycles. The van der Waals surface area contributed by atoms with Crippen molar-refractivity contribution in [1.82, 2.24) is 5.32 Å². The molecule has 2 rings (SSSR count). The van der Waals surface area contributed by atoms with E-state index in [1.807, 2.05) is 6.08 Å². The number of carbonyl (C=O) groups is 1. The quantitative estimate of drug-likeness (QED) is 0.0204. The predicted molar refractivity (Wildman–Crippen MR) is 300 cm³/mol. The van der Waals surface area contributed by atoms with Crippen LogP contribution in [0.2, 0.25) is 0 Å². The van der Waals surface area contributed by atoms with Gasteiger partial charge in [0.25, 0.3) is 0 Å². The molecular weight excluding hydrogens is 955 g/mol. The van der Waals surface area contributed by atoms with E-state index in [2.05, 4.69) is 31.3 Å². The molecule has 2 fully saturated rings. The Morgan fingerprint density at radius 2 is 0.840 bits per heavy atom. The maximum atomic E-state index is 13.2. The van der Waals surface area contributed by atoms with Gasteiger partial charge in [0.15, 0.2) is 12.6 Å². The van der Waals surface area contributed by atoms with Crippen LogP contribution in [0, 0.1) is 0 Å². The number of ether oxygens (including phenoxy) is 4. The van der Waals surface area contributed by atoms with E-state index in [4.69, 9.17) is 18.9 Å². The number of allylic oxidation sites excluding steroid dienone is 3. The highest BCUT2D eigenvalue weighted by Gasteiger charge is 2.51. The van der Waals surface area contributed by atoms with E-state index in [0.29, 0.717) is 6.42 Å². The Labute approximate surface area is 456 Å². The number of hydrogen-bond donors (Lipinski definition) is 9. The molecule has 0 spiro atoms. The van der Waals surface area contributed by atoms with Crippen molar-refractivity contribution in [3.8, 4) is 0 Å². The predicted octanol–water partition coefficient (Wildman–Crippen LogP) is 10.8. The fraction of sp³-hybridized carbons (Fsp3) is 0.918. The lowest BCUT2D eigenvalue weighted by molar-refractivity contribution is -0.359. The molecule has 14 heteroatoms. The molecule has 75 heavy (non-hydrogen) atoms. The van der Waals surface area contributed by atoms with Crippen LogP contribution >= 0.6 is 0 Å². The Bertz CT molecular complexity index is 1350. The molecule has 442 valence electrons. The zero-order valence-electron chi connectivity index (χ0n) is 47.6. The second-order valence-electron chi connectivity index (χ2n) is 22.2. The minimum Gasteiger partial charge on any atom is -0.394 e. The Hall–Kier alpha value is -1.53. The highest BCUT2D eigenvalue weighted by molar-refractivity contribution is 5.76. The molecule has 2 aliphatic heterocycles. The molecule has 0 radical (unpaired) electrons. The molecule has 12 atom stereocenters. The van der Waals surface area contributed by atoms with Gasteiger partial charge in [-0.1, -0.05) is 237 Å². The average molecular weight is 1070 g/mol. The van der Waals surface area contributed by atoms with Crippen molar-refractivity contribution in [3.63, 3.8) is 0 Å². The summed E-state index contributed by atoms with van der Waals surface area (Å²) in [5.74, 6) is -0.246. The van der Waals surface area contributed by atoms with E-state index in [-0.39, 0.29) is 18.9 Å². The van der Waals surface area contributed by atoms with Crippen molar-refractivity contribution >= 4 is 5.91 Å². The lowest BCUT2D eigenvalue weighted by Gasteiger charge is -2.46. The fourth-order valence-corrected chi connectivity index (χ4v) is 10.3. The second kappa shape index (κ2) is 47.3. The standard InChI is InChI=1S/C61H115NO13/c1-3-5-7-9-11-13-15-17-19-20-21-22-23-24-25-26-27-28-29-30-31-32-34-36-38-40-42-44-50(65)49(62-53(66)45-43-41-39-37-35-33-18-16-14-12-10-8-6-4-2)48-72-60-58(71)56(69)59(52(47-64)74-60)75-61-57(70)55(68)54(67)51(46-63)73-61/h16,18,42,44,49-52,54-61,63-65,67-71H,3-15,17,19-41,43,45-48H2,1-2H3,(H,62,66)/b18-16-,44-42+. The largest absolute Gasteiger partial charge is 0.394 e. The van der Waals surface area contributed by atoms with E-state index in [0.717, 1.165) is 57.8 Å². The molecule has 2 aliphatic rings. The van der Waals surface area contributed by atoms with Gasteiger partial charge in [0.1, 0.15) is 48.8 Å². The number of hydrogen-bond acceptors (Lipinski definition) is 13. The molecule has 12 unspecified atom stereocenters. The van der Waals surface area contributed by atoms with E-state index >= 15 is 0 Å². The third-order valence-corrected chi connectivity index (χ3v) is 15.4. The van der Waals surface area contributed by atoms with Gasteiger partial charge in [0, 0.05) is 6.42 Å². The molecule has 2 heterocycles. The van der Waals surface area contributed by atoms with Gasteiger partial charge in [-0.15, -0.1) is 0 Å². The summed E-state index contributed by atoms with van der Waals surface area (Å²) in [4.78, 5) is 13.2. The topological polar surface area (TPSA) is 228 Å². The number of amides is 1. The number of nitrogens with one attached hydrogen (secondary N) is 1. The maximum Gasteiger partial charge on any atom is 0.220 e. The molecule has 0 bridgehead atoms. The molecular formula is C61H115NO13. The smallest absolute Gasteiger partial charge is 0.220 e. The molecule has 0 aromatic heterocycles. The number of aliphatic hydroxyl groups excluding tert-OH is 8. The summed E-state index contributed by atoms with van der Waals surface area (Å²) in [6, 6.07) is -0.917.